The molecule has 1 N–H and O–H groups in total. The minimum absolute atomic E-state index is 0.0687. The molecule has 0 aliphatic carbocycles. The highest BCUT2D eigenvalue weighted by atomic mass is 16.5. The van der Waals surface area contributed by atoms with Crippen molar-refractivity contribution in [3.05, 3.63) is 0 Å². The average Bonchev–Trinajstić information content (AvgIpc) is 2.28. The van der Waals surface area contributed by atoms with Crippen LogP contribution in [0.5, 0.6) is 0 Å². The lowest BCUT2D eigenvalue weighted by molar-refractivity contribution is -0.0793. The topological polar surface area (TPSA) is 24.5 Å². The third kappa shape index (κ3) is 2.83. The lowest BCUT2D eigenvalue weighted by Crippen LogP contribution is -2.59. The second-order valence-electron chi connectivity index (χ2n) is 6.70. The number of ether oxygens (including phenoxy) is 1. The van der Waals surface area contributed by atoms with Crippen molar-refractivity contribution in [2.75, 3.05) is 33.3 Å². The van der Waals surface area contributed by atoms with Gasteiger partial charge in [0, 0.05) is 26.2 Å². The fraction of sp³-hybridized carbons (Fsp3) is 1.00. The first-order valence-corrected chi connectivity index (χ1v) is 6.97. The van der Waals surface area contributed by atoms with Gasteiger partial charge in [0.15, 0.2) is 0 Å². The summed E-state index contributed by atoms with van der Waals surface area (Å²) in [5, 5.41) is 3.52. The second kappa shape index (κ2) is 4.87. The number of likely N-dealkylation sites (tertiary alicyclic amines) is 1. The van der Waals surface area contributed by atoms with Gasteiger partial charge in [-0.15, -0.1) is 0 Å². The highest BCUT2D eigenvalue weighted by Crippen LogP contribution is 2.34. The number of rotatable bonds is 2. The molecule has 0 spiro atoms. The van der Waals surface area contributed by atoms with Crippen LogP contribution >= 0.6 is 0 Å². The van der Waals surface area contributed by atoms with Crippen LogP contribution in [0.15, 0.2) is 0 Å². The van der Waals surface area contributed by atoms with Crippen LogP contribution in [0, 0.1) is 5.41 Å². The molecule has 3 heteroatoms. The summed E-state index contributed by atoms with van der Waals surface area (Å²) in [7, 11) is 1.86. The van der Waals surface area contributed by atoms with Gasteiger partial charge in [0.25, 0.3) is 0 Å². The standard InChI is InChI=1S/C14H28N2O/c1-13(2)10-15-8-6-12(13)16-9-5-7-14(3,11-16)17-4/h12,15H,5-11H2,1-4H3. The Morgan fingerprint density at radius 3 is 2.71 bits per heavy atom. The predicted molar refractivity (Wildman–Crippen MR) is 71.3 cm³/mol. The molecule has 0 aromatic carbocycles. The summed E-state index contributed by atoms with van der Waals surface area (Å²) < 4.78 is 5.71. The van der Waals surface area contributed by atoms with E-state index in [2.05, 4.69) is 31.0 Å². The van der Waals surface area contributed by atoms with Crippen molar-refractivity contribution in [3.8, 4) is 0 Å². The molecule has 2 saturated heterocycles. The lowest BCUT2D eigenvalue weighted by atomic mass is 9.77. The highest BCUT2D eigenvalue weighted by molar-refractivity contribution is 4.96. The van der Waals surface area contributed by atoms with Crippen LogP contribution in [0.1, 0.15) is 40.0 Å². The molecule has 2 aliphatic heterocycles. The molecule has 0 bridgehead atoms. The molecular formula is C14H28N2O. The minimum Gasteiger partial charge on any atom is -0.377 e. The van der Waals surface area contributed by atoms with Gasteiger partial charge >= 0.3 is 0 Å². The molecule has 0 aromatic rings. The molecule has 17 heavy (non-hydrogen) atoms. The Morgan fingerprint density at radius 1 is 1.29 bits per heavy atom. The Kier molecular flexibility index (Phi) is 3.81. The van der Waals surface area contributed by atoms with E-state index in [1.54, 1.807) is 0 Å². The molecule has 3 nitrogen and oxygen atoms in total. The van der Waals surface area contributed by atoms with Crippen LogP contribution in [0.3, 0.4) is 0 Å². The largest absolute Gasteiger partial charge is 0.377 e. The molecule has 2 aliphatic rings. The fourth-order valence-corrected chi connectivity index (χ4v) is 3.51. The molecular weight excluding hydrogens is 212 g/mol. The summed E-state index contributed by atoms with van der Waals surface area (Å²) >= 11 is 0. The van der Waals surface area contributed by atoms with E-state index in [-0.39, 0.29) is 5.60 Å². The van der Waals surface area contributed by atoms with E-state index in [1.165, 1.54) is 25.8 Å². The molecule has 2 heterocycles. The SMILES string of the molecule is COC1(C)CCCN(C2CCNCC2(C)C)C1. The number of nitrogens with zero attached hydrogens (tertiary/aromatic N) is 1. The molecule has 2 rings (SSSR count). The predicted octanol–water partition coefficient (Wildman–Crippen LogP) is 1.88. The number of nitrogens with one attached hydrogen (secondary N) is 1. The average molecular weight is 240 g/mol. The summed E-state index contributed by atoms with van der Waals surface area (Å²) in [4.78, 5) is 2.67. The van der Waals surface area contributed by atoms with Crippen LogP contribution < -0.4 is 5.32 Å². The van der Waals surface area contributed by atoms with Gasteiger partial charge in [0.1, 0.15) is 0 Å². The Balaban J connectivity index is 2.05. The molecule has 2 fully saturated rings. The van der Waals surface area contributed by atoms with E-state index in [0.717, 1.165) is 19.6 Å². The maximum atomic E-state index is 5.71. The van der Waals surface area contributed by atoms with Crippen LogP contribution in [-0.2, 0) is 4.74 Å². The zero-order valence-electron chi connectivity index (χ0n) is 11.9. The van der Waals surface area contributed by atoms with Crippen molar-refractivity contribution in [3.63, 3.8) is 0 Å². The highest BCUT2D eigenvalue weighted by Gasteiger charge is 2.40. The van der Waals surface area contributed by atoms with Crippen LogP contribution in [0.2, 0.25) is 0 Å². The smallest absolute Gasteiger partial charge is 0.0777 e. The van der Waals surface area contributed by atoms with Crippen LogP contribution in [-0.4, -0.2) is 49.8 Å². The zero-order valence-corrected chi connectivity index (χ0v) is 11.9. The Labute approximate surface area is 106 Å². The van der Waals surface area contributed by atoms with E-state index in [4.69, 9.17) is 4.74 Å². The van der Waals surface area contributed by atoms with Crippen molar-refractivity contribution in [1.29, 1.82) is 0 Å². The normalized spacial score (nSPS) is 39.2. The number of piperidine rings is 2. The third-order valence-electron chi connectivity index (χ3n) is 4.70. The molecule has 2 atom stereocenters. The summed E-state index contributed by atoms with van der Waals surface area (Å²) in [5.41, 5.74) is 0.448. The molecule has 0 amide bonds. The second-order valence-corrected chi connectivity index (χ2v) is 6.70. The van der Waals surface area contributed by atoms with E-state index < -0.39 is 0 Å². The first-order chi connectivity index (χ1) is 7.97. The molecule has 0 radical (unpaired) electrons. The zero-order chi connectivity index (χ0) is 12.5. The van der Waals surface area contributed by atoms with Gasteiger partial charge in [-0.3, -0.25) is 4.90 Å². The quantitative estimate of drug-likeness (QED) is 0.797. The number of hydrogen-bond acceptors (Lipinski definition) is 3. The van der Waals surface area contributed by atoms with E-state index in [0.29, 0.717) is 11.5 Å². The van der Waals surface area contributed by atoms with Gasteiger partial charge in [-0.2, -0.15) is 0 Å². The monoisotopic (exact) mass is 240 g/mol. The summed E-state index contributed by atoms with van der Waals surface area (Å²) in [6.07, 6.45) is 3.74. The molecule has 0 saturated carbocycles. The number of hydrogen-bond donors (Lipinski definition) is 1. The number of methoxy groups -OCH3 is 1. The van der Waals surface area contributed by atoms with E-state index >= 15 is 0 Å². The van der Waals surface area contributed by atoms with Crippen molar-refractivity contribution < 1.29 is 4.74 Å². The molecule has 2 unspecified atom stereocenters. The lowest BCUT2D eigenvalue weighted by Gasteiger charge is -2.50. The van der Waals surface area contributed by atoms with Gasteiger partial charge in [-0.1, -0.05) is 13.8 Å². The first-order valence-electron chi connectivity index (χ1n) is 6.97. The van der Waals surface area contributed by atoms with Crippen molar-refractivity contribution in [2.24, 2.45) is 5.41 Å². The van der Waals surface area contributed by atoms with Gasteiger partial charge in [0.2, 0.25) is 0 Å². The first kappa shape index (κ1) is 13.3. The third-order valence-corrected chi connectivity index (χ3v) is 4.70. The summed E-state index contributed by atoms with van der Waals surface area (Å²) in [5.74, 6) is 0. The van der Waals surface area contributed by atoms with Gasteiger partial charge in [-0.05, 0) is 44.7 Å². The van der Waals surface area contributed by atoms with Gasteiger partial charge < -0.3 is 10.1 Å². The summed E-state index contributed by atoms with van der Waals surface area (Å²) in [6.45, 7) is 11.7. The Morgan fingerprint density at radius 2 is 2.06 bits per heavy atom. The van der Waals surface area contributed by atoms with Gasteiger partial charge in [0.05, 0.1) is 5.60 Å². The minimum atomic E-state index is 0.0687. The maximum absolute atomic E-state index is 5.71. The van der Waals surface area contributed by atoms with E-state index in [9.17, 15) is 0 Å². The Hall–Kier alpha value is -0.120. The molecule has 100 valence electrons. The fourth-order valence-electron chi connectivity index (χ4n) is 3.51. The van der Waals surface area contributed by atoms with Crippen molar-refractivity contribution in [2.45, 2.75) is 51.7 Å². The van der Waals surface area contributed by atoms with Crippen LogP contribution in [0.4, 0.5) is 0 Å². The van der Waals surface area contributed by atoms with E-state index in [1.807, 2.05) is 7.11 Å². The van der Waals surface area contributed by atoms with Crippen molar-refractivity contribution >= 4 is 0 Å². The maximum Gasteiger partial charge on any atom is 0.0777 e. The Bertz CT molecular complexity index is 267. The summed E-state index contributed by atoms with van der Waals surface area (Å²) in [6, 6.07) is 0.707. The van der Waals surface area contributed by atoms with Gasteiger partial charge in [-0.25, -0.2) is 0 Å². The van der Waals surface area contributed by atoms with Crippen molar-refractivity contribution in [1.82, 2.24) is 10.2 Å². The van der Waals surface area contributed by atoms with Crippen LogP contribution in [0.25, 0.3) is 0 Å². The molecule has 0 aromatic heterocycles.